The number of likely N-dealkylation sites (tertiary alicyclic amines) is 1. The van der Waals surface area contributed by atoms with Gasteiger partial charge in [-0.1, -0.05) is 37.3 Å². The number of benzene rings is 1. The minimum Gasteiger partial charge on any atom is -0.469 e. The van der Waals surface area contributed by atoms with Crippen molar-refractivity contribution in [3.05, 3.63) is 41.2 Å². The van der Waals surface area contributed by atoms with Crippen LogP contribution in [0.3, 0.4) is 0 Å². The lowest BCUT2D eigenvalue weighted by molar-refractivity contribution is -0.148. The summed E-state index contributed by atoms with van der Waals surface area (Å²) in [6.45, 7) is 11.4. The Morgan fingerprint density at radius 2 is 1.87 bits per heavy atom. The van der Waals surface area contributed by atoms with Gasteiger partial charge in [0.1, 0.15) is 11.3 Å². The van der Waals surface area contributed by atoms with Gasteiger partial charge in [-0.05, 0) is 51.7 Å². The van der Waals surface area contributed by atoms with Crippen LogP contribution < -0.4 is 0 Å². The summed E-state index contributed by atoms with van der Waals surface area (Å²) in [6, 6.07) is 6.97. The molecule has 1 aliphatic heterocycles. The molecule has 1 aromatic heterocycles. The van der Waals surface area contributed by atoms with E-state index in [0.29, 0.717) is 18.7 Å². The van der Waals surface area contributed by atoms with Crippen LogP contribution in [0, 0.1) is 18.8 Å². The smallest absolute Gasteiger partial charge is 0.410 e. The second-order valence-corrected chi connectivity index (χ2v) is 11.1. The second-order valence-electron chi connectivity index (χ2n) is 11.1. The maximum absolute atomic E-state index is 14.0. The zero-order valence-corrected chi connectivity index (χ0v) is 23.3. The molecule has 3 rings (SSSR count). The zero-order chi connectivity index (χ0) is 28.2. The van der Waals surface area contributed by atoms with Crippen LogP contribution in [0.25, 0.3) is 5.69 Å². The highest BCUT2D eigenvalue weighted by Crippen LogP contribution is 2.27. The number of methoxy groups -OCH3 is 1. The van der Waals surface area contributed by atoms with Crippen LogP contribution in [0.1, 0.15) is 62.8 Å². The molecule has 0 spiro atoms. The molecule has 2 amide bonds. The summed E-state index contributed by atoms with van der Waals surface area (Å²) in [5.74, 6) is -1.44. The van der Waals surface area contributed by atoms with Crippen LogP contribution >= 0.6 is 0 Å². The van der Waals surface area contributed by atoms with Crippen molar-refractivity contribution in [2.24, 2.45) is 11.8 Å². The molecule has 1 fully saturated rings. The third-order valence-electron chi connectivity index (χ3n) is 6.34. The minimum absolute atomic E-state index is 0.0282. The molecule has 2 heterocycles. The van der Waals surface area contributed by atoms with E-state index in [0.717, 1.165) is 5.56 Å². The number of carbonyl (C=O) groups is 3. The Hall–Kier alpha value is -3.47. The molecule has 2 atom stereocenters. The molecule has 1 aromatic carbocycles. The third-order valence-corrected chi connectivity index (χ3v) is 6.34. The molecule has 0 unspecified atom stereocenters. The highest BCUT2D eigenvalue weighted by atomic mass is 16.6. The summed E-state index contributed by atoms with van der Waals surface area (Å²) in [7, 11) is 1.30. The number of nitrogens with zero attached hydrogens (tertiary/aromatic N) is 5. The second kappa shape index (κ2) is 11.9. The molecular weight excluding hydrogens is 490 g/mol. The van der Waals surface area contributed by atoms with Crippen molar-refractivity contribution in [1.82, 2.24) is 24.8 Å². The van der Waals surface area contributed by atoms with E-state index in [1.165, 1.54) is 16.7 Å². The lowest BCUT2D eigenvalue weighted by atomic mass is 9.92. The van der Waals surface area contributed by atoms with E-state index in [9.17, 15) is 19.5 Å². The van der Waals surface area contributed by atoms with E-state index >= 15 is 0 Å². The van der Waals surface area contributed by atoms with Crippen LogP contribution in [0.2, 0.25) is 0 Å². The topological polar surface area (TPSA) is 127 Å². The summed E-state index contributed by atoms with van der Waals surface area (Å²) in [5.41, 5.74) is 1.19. The van der Waals surface area contributed by atoms with Gasteiger partial charge >= 0.3 is 12.1 Å². The first-order valence-electron chi connectivity index (χ1n) is 12.8. The first-order chi connectivity index (χ1) is 17.9. The van der Waals surface area contributed by atoms with Gasteiger partial charge in [-0.25, -0.2) is 9.48 Å². The molecule has 1 saturated heterocycles. The quantitative estimate of drug-likeness (QED) is 0.543. The maximum Gasteiger partial charge on any atom is 0.410 e. The zero-order valence-electron chi connectivity index (χ0n) is 23.3. The molecular formula is C27H39N5O6. The number of rotatable bonds is 7. The number of piperidine rings is 1. The van der Waals surface area contributed by atoms with Gasteiger partial charge in [-0.3, -0.25) is 9.59 Å². The molecule has 0 bridgehead atoms. The molecule has 1 aliphatic rings. The van der Waals surface area contributed by atoms with Crippen molar-refractivity contribution >= 4 is 18.0 Å². The van der Waals surface area contributed by atoms with E-state index in [1.807, 2.05) is 45.0 Å². The Kier molecular flexibility index (Phi) is 9.14. The molecule has 1 N–H and O–H groups in total. The molecule has 11 nitrogen and oxygen atoms in total. The summed E-state index contributed by atoms with van der Waals surface area (Å²) in [4.78, 5) is 42.6. The molecule has 0 radical (unpaired) electrons. The van der Waals surface area contributed by atoms with Crippen LogP contribution in [-0.2, 0) is 20.9 Å². The Morgan fingerprint density at radius 1 is 1.18 bits per heavy atom. The van der Waals surface area contributed by atoms with Crippen LogP contribution in [0.5, 0.6) is 0 Å². The van der Waals surface area contributed by atoms with Gasteiger partial charge in [0.15, 0.2) is 5.69 Å². The minimum atomic E-state index is -0.720. The molecule has 0 aliphatic carbocycles. The maximum atomic E-state index is 14.0. The van der Waals surface area contributed by atoms with Crippen molar-refractivity contribution in [3.8, 4) is 5.69 Å². The summed E-state index contributed by atoms with van der Waals surface area (Å²) >= 11 is 0. The number of amides is 2. The van der Waals surface area contributed by atoms with Crippen molar-refractivity contribution in [3.63, 3.8) is 0 Å². The van der Waals surface area contributed by atoms with Gasteiger partial charge in [0, 0.05) is 19.6 Å². The van der Waals surface area contributed by atoms with Gasteiger partial charge in [0.05, 0.1) is 31.4 Å². The Morgan fingerprint density at radius 3 is 2.45 bits per heavy atom. The SMILES string of the molecule is COC(=O)[C@@H]1C[C@H](N(CC(C)C)C(=O)c2nnn(-c3ccccc3C)c2CO)CN(C(=O)OC(C)(C)C)C1. The summed E-state index contributed by atoms with van der Waals surface area (Å²) in [5, 5.41) is 18.6. The number of esters is 1. The average molecular weight is 530 g/mol. The largest absolute Gasteiger partial charge is 0.469 e. The van der Waals surface area contributed by atoms with E-state index in [-0.39, 0.29) is 30.4 Å². The molecule has 11 heteroatoms. The fraction of sp³-hybridized carbons (Fsp3) is 0.593. The van der Waals surface area contributed by atoms with Gasteiger partial charge in [-0.2, -0.15) is 0 Å². The van der Waals surface area contributed by atoms with E-state index < -0.39 is 42.1 Å². The fourth-order valence-corrected chi connectivity index (χ4v) is 4.64. The Bertz CT molecular complexity index is 1160. The normalized spacial score (nSPS) is 17.9. The predicted octanol–water partition coefficient (Wildman–Crippen LogP) is 2.96. The van der Waals surface area contributed by atoms with Crippen molar-refractivity contribution in [2.75, 3.05) is 26.7 Å². The number of aliphatic hydroxyl groups is 1. The van der Waals surface area contributed by atoms with E-state index in [1.54, 1.807) is 25.7 Å². The van der Waals surface area contributed by atoms with Crippen LogP contribution in [0.4, 0.5) is 4.79 Å². The van der Waals surface area contributed by atoms with E-state index in [4.69, 9.17) is 9.47 Å². The molecule has 38 heavy (non-hydrogen) atoms. The standard InChI is InChI=1S/C27H39N5O6/c1-17(2)13-31(20-12-19(25(35)37-7)14-30(15-20)26(36)38-27(4,5)6)24(34)23-22(16-33)32(29-28-23)21-11-9-8-10-18(21)3/h8-11,17,19-20,33H,12-16H2,1-7H3/t19-,20+/m1/s1. The number of aliphatic hydroxyl groups excluding tert-OH is 1. The van der Waals surface area contributed by atoms with Gasteiger partial charge in [0.2, 0.25) is 0 Å². The highest BCUT2D eigenvalue weighted by Gasteiger charge is 2.41. The predicted molar refractivity (Wildman–Crippen MR) is 140 cm³/mol. The van der Waals surface area contributed by atoms with Gasteiger partial charge in [-0.15, -0.1) is 5.10 Å². The van der Waals surface area contributed by atoms with Crippen molar-refractivity contribution in [1.29, 1.82) is 0 Å². The van der Waals surface area contributed by atoms with Crippen LogP contribution in [-0.4, -0.2) is 86.3 Å². The molecule has 208 valence electrons. The van der Waals surface area contributed by atoms with Gasteiger partial charge < -0.3 is 24.4 Å². The third kappa shape index (κ3) is 6.69. The summed E-state index contributed by atoms with van der Waals surface area (Å²) < 4.78 is 12.0. The first-order valence-corrected chi connectivity index (χ1v) is 12.8. The van der Waals surface area contributed by atoms with Gasteiger partial charge in [0.25, 0.3) is 5.91 Å². The summed E-state index contributed by atoms with van der Waals surface area (Å²) in [6.07, 6.45) is -0.250. The number of ether oxygens (including phenoxy) is 2. The first kappa shape index (κ1) is 29.1. The Labute approximate surface area is 223 Å². The van der Waals surface area contributed by atoms with Crippen molar-refractivity contribution < 1.29 is 29.0 Å². The number of aromatic nitrogens is 3. The highest BCUT2D eigenvalue weighted by molar-refractivity contribution is 5.94. The van der Waals surface area contributed by atoms with Crippen LogP contribution in [0.15, 0.2) is 24.3 Å². The number of aryl methyl sites for hydroxylation is 1. The number of hydrogen-bond acceptors (Lipinski definition) is 8. The monoisotopic (exact) mass is 529 g/mol. The Balaban J connectivity index is 1.99. The lowest BCUT2D eigenvalue weighted by Crippen LogP contribution is -2.57. The fourth-order valence-electron chi connectivity index (χ4n) is 4.64. The van der Waals surface area contributed by atoms with Crippen molar-refractivity contribution in [2.45, 2.75) is 66.2 Å². The average Bonchev–Trinajstić information content (AvgIpc) is 3.29. The number of carbonyl (C=O) groups excluding carboxylic acids is 3. The lowest BCUT2D eigenvalue weighted by Gasteiger charge is -2.42. The molecule has 2 aromatic rings. The van der Waals surface area contributed by atoms with E-state index in [2.05, 4.69) is 10.3 Å². The number of para-hydroxylation sites is 1. The molecule has 0 saturated carbocycles. The number of hydrogen-bond donors (Lipinski definition) is 1.